The molecule has 1 atom stereocenters. The lowest BCUT2D eigenvalue weighted by Gasteiger charge is -2.21. The molecule has 27 heavy (non-hydrogen) atoms. The Kier molecular flexibility index (Phi) is 5.54. The molecule has 3 aromatic rings. The molecule has 1 aromatic heterocycles. The van der Waals surface area contributed by atoms with Crippen molar-refractivity contribution < 1.29 is 14.1 Å². The molecule has 0 spiro atoms. The minimum Gasteiger partial charge on any atom is -0.481 e. The smallest absolute Gasteiger partial charge is 0.263 e. The summed E-state index contributed by atoms with van der Waals surface area (Å²) in [6, 6.07) is 15.4. The Hall–Kier alpha value is -3.15. The van der Waals surface area contributed by atoms with Crippen LogP contribution in [-0.4, -0.2) is 34.1 Å². The lowest BCUT2D eigenvalue weighted by Crippen LogP contribution is -2.37. The number of carbonyl (C=O) groups excluding carboxylic acids is 1. The molecule has 0 N–H and O–H groups in total. The average Bonchev–Trinajstić information content (AvgIpc) is 3.12. The maximum absolute atomic E-state index is 12.6. The van der Waals surface area contributed by atoms with Gasteiger partial charge in [-0.25, -0.2) is 0 Å². The Morgan fingerprint density at radius 3 is 2.63 bits per heavy atom. The molecule has 6 heteroatoms. The predicted octanol–water partition coefficient (Wildman–Crippen LogP) is 3.78. The van der Waals surface area contributed by atoms with E-state index in [0.717, 1.165) is 16.7 Å². The zero-order chi connectivity index (χ0) is 19.4. The number of carbonyl (C=O) groups is 1. The first-order valence-corrected chi connectivity index (χ1v) is 8.81. The van der Waals surface area contributed by atoms with E-state index >= 15 is 0 Å². The van der Waals surface area contributed by atoms with Crippen molar-refractivity contribution in [2.75, 3.05) is 7.05 Å². The number of aryl methyl sites for hydroxylation is 2. The highest BCUT2D eigenvalue weighted by atomic mass is 16.5. The number of nitrogens with zero attached hydrogens (tertiary/aromatic N) is 3. The van der Waals surface area contributed by atoms with Gasteiger partial charge in [0.05, 0.1) is 6.54 Å². The predicted molar refractivity (Wildman–Crippen MR) is 102 cm³/mol. The van der Waals surface area contributed by atoms with Gasteiger partial charge in [-0.3, -0.25) is 4.79 Å². The third-order valence-corrected chi connectivity index (χ3v) is 4.23. The minimum absolute atomic E-state index is 0.158. The van der Waals surface area contributed by atoms with Gasteiger partial charge in [0, 0.05) is 12.6 Å². The molecule has 1 heterocycles. The van der Waals surface area contributed by atoms with Crippen LogP contribution in [0.15, 0.2) is 53.1 Å². The van der Waals surface area contributed by atoms with Crippen molar-refractivity contribution in [3.05, 3.63) is 65.5 Å². The molecule has 0 saturated heterocycles. The van der Waals surface area contributed by atoms with Crippen molar-refractivity contribution in [2.24, 2.45) is 0 Å². The number of hydrogen-bond acceptors (Lipinski definition) is 5. The summed E-state index contributed by atoms with van der Waals surface area (Å²) in [6.45, 7) is 5.95. The van der Waals surface area contributed by atoms with E-state index in [-0.39, 0.29) is 12.5 Å². The number of likely N-dealkylation sites (N-methyl/N-ethyl adjacent to an activating group) is 1. The molecular weight excluding hydrogens is 342 g/mol. The molecule has 3 rings (SSSR count). The molecule has 0 unspecified atom stereocenters. The second-order valence-corrected chi connectivity index (χ2v) is 6.60. The highest BCUT2D eigenvalue weighted by Gasteiger charge is 2.22. The van der Waals surface area contributed by atoms with Crippen LogP contribution in [0.4, 0.5) is 0 Å². The van der Waals surface area contributed by atoms with Crippen molar-refractivity contribution in [1.29, 1.82) is 0 Å². The monoisotopic (exact) mass is 365 g/mol. The first kappa shape index (κ1) is 18.6. The van der Waals surface area contributed by atoms with Crippen LogP contribution in [0.2, 0.25) is 0 Å². The molecule has 140 valence electrons. The summed E-state index contributed by atoms with van der Waals surface area (Å²) in [5, 5.41) is 3.98. The van der Waals surface area contributed by atoms with Gasteiger partial charge < -0.3 is 14.2 Å². The topological polar surface area (TPSA) is 68.5 Å². The van der Waals surface area contributed by atoms with Gasteiger partial charge >= 0.3 is 0 Å². The quantitative estimate of drug-likeness (QED) is 0.665. The van der Waals surface area contributed by atoms with E-state index < -0.39 is 6.10 Å². The third kappa shape index (κ3) is 4.53. The van der Waals surface area contributed by atoms with Crippen molar-refractivity contribution in [1.82, 2.24) is 15.0 Å². The summed E-state index contributed by atoms with van der Waals surface area (Å²) >= 11 is 0. The number of hydrogen-bond donors (Lipinski definition) is 0. The van der Waals surface area contributed by atoms with Crippen LogP contribution in [0, 0.1) is 13.8 Å². The van der Waals surface area contributed by atoms with Crippen LogP contribution in [0.5, 0.6) is 5.75 Å². The lowest BCUT2D eigenvalue weighted by molar-refractivity contribution is -0.137. The largest absolute Gasteiger partial charge is 0.481 e. The fourth-order valence-corrected chi connectivity index (χ4v) is 2.79. The van der Waals surface area contributed by atoms with E-state index in [2.05, 4.69) is 10.1 Å². The van der Waals surface area contributed by atoms with Gasteiger partial charge in [-0.15, -0.1) is 0 Å². The van der Waals surface area contributed by atoms with Crippen LogP contribution in [0.25, 0.3) is 11.4 Å². The Labute approximate surface area is 158 Å². The Morgan fingerprint density at radius 2 is 1.93 bits per heavy atom. The van der Waals surface area contributed by atoms with Crippen LogP contribution in [0.1, 0.15) is 23.9 Å². The molecule has 0 aliphatic carbocycles. The van der Waals surface area contributed by atoms with Gasteiger partial charge in [-0.05, 0) is 32.4 Å². The Morgan fingerprint density at radius 1 is 1.19 bits per heavy atom. The van der Waals surface area contributed by atoms with E-state index in [0.29, 0.717) is 17.5 Å². The number of aromatic nitrogens is 2. The Bertz CT molecular complexity index is 921. The summed E-state index contributed by atoms with van der Waals surface area (Å²) in [6.07, 6.45) is -0.618. The third-order valence-electron chi connectivity index (χ3n) is 4.23. The van der Waals surface area contributed by atoms with E-state index in [1.165, 1.54) is 4.90 Å². The number of amides is 1. The summed E-state index contributed by atoms with van der Waals surface area (Å²) < 4.78 is 11.1. The second-order valence-electron chi connectivity index (χ2n) is 6.60. The Balaban J connectivity index is 1.62. The van der Waals surface area contributed by atoms with E-state index in [9.17, 15) is 4.79 Å². The van der Waals surface area contributed by atoms with Crippen LogP contribution in [-0.2, 0) is 11.3 Å². The number of rotatable bonds is 6. The molecular formula is C21H23N3O3. The molecule has 0 aliphatic rings. The molecule has 0 aliphatic heterocycles. The molecule has 2 aromatic carbocycles. The van der Waals surface area contributed by atoms with Crippen LogP contribution >= 0.6 is 0 Å². The molecule has 0 fully saturated rings. The fraction of sp³-hybridized carbons (Fsp3) is 0.286. The molecule has 0 saturated carbocycles. The van der Waals surface area contributed by atoms with Crippen molar-refractivity contribution in [2.45, 2.75) is 33.4 Å². The van der Waals surface area contributed by atoms with Crippen molar-refractivity contribution in [3.8, 4) is 17.1 Å². The highest BCUT2D eigenvalue weighted by molar-refractivity contribution is 5.80. The van der Waals surface area contributed by atoms with Gasteiger partial charge in [0.1, 0.15) is 5.75 Å². The average molecular weight is 365 g/mol. The highest BCUT2D eigenvalue weighted by Crippen LogP contribution is 2.21. The maximum atomic E-state index is 12.6. The summed E-state index contributed by atoms with van der Waals surface area (Å²) in [4.78, 5) is 18.5. The summed E-state index contributed by atoms with van der Waals surface area (Å²) in [5.41, 5.74) is 3.02. The van der Waals surface area contributed by atoms with Gasteiger partial charge in [0.2, 0.25) is 11.7 Å². The second kappa shape index (κ2) is 8.03. The standard InChI is InChI=1S/C21H23N3O3/c1-14-10-11-18(15(2)12-14)26-16(3)21(25)24(4)13-19-22-20(23-27-19)17-8-6-5-7-9-17/h5-12,16H,13H2,1-4H3/t16-/m1/s1. The zero-order valence-electron chi connectivity index (χ0n) is 16.0. The first-order valence-electron chi connectivity index (χ1n) is 8.81. The number of benzene rings is 2. The van der Waals surface area contributed by atoms with Crippen molar-refractivity contribution in [3.63, 3.8) is 0 Å². The van der Waals surface area contributed by atoms with E-state index in [1.54, 1.807) is 14.0 Å². The van der Waals surface area contributed by atoms with Crippen LogP contribution in [0.3, 0.4) is 0 Å². The molecule has 6 nitrogen and oxygen atoms in total. The van der Waals surface area contributed by atoms with Gasteiger partial charge in [-0.1, -0.05) is 53.2 Å². The molecule has 1 amide bonds. The SMILES string of the molecule is Cc1ccc(O[C@H](C)C(=O)N(C)Cc2nc(-c3ccccc3)no2)c(C)c1. The number of ether oxygens (including phenoxy) is 1. The normalized spacial score (nSPS) is 11.9. The maximum Gasteiger partial charge on any atom is 0.263 e. The van der Waals surface area contributed by atoms with Crippen molar-refractivity contribution >= 4 is 5.91 Å². The molecule has 0 radical (unpaired) electrons. The van der Waals surface area contributed by atoms with Gasteiger partial charge in [-0.2, -0.15) is 4.98 Å². The lowest BCUT2D eigenvalue weighted by atomic mass is 10.1. The minimum atomic E-state index is -0.618. The summed E-state index contributed by atoms with van der Waals surface area (Å²) in [7, 11) is 1.69. The fourth-order valence-electron chi connectivity index (χ4n) is 2.79. The van der Waals surface area contributed by atoms with Gasteiger partial charge in [0.25, 0.3) is 5.91 Å². The van der Waals surface area contributed by atoms with Gasteiger partial charge in [0.15, 0.2) is 6.10 Å². The molecule has 0 bridgehead atoms. The first-order chi connectivity index (χ1) is 12.9. The zero-order valence-corrected chi connectivity index (χ0v) is 16.0. The van der Waals surface area contributed by atoms with Crippen LogP contribution < -0.4 is 4.74 Å². The summed E-state index contributed by atoms with van der Waals surface area (Å²) in [5.74, 6) is 1.43. The van der Waals surface area contributed by atoms with E-state index in [1.807, 2.05) is 62.4 Å². The van der Waals surface area contributed by atoms with E-state index in [4.69, 9.17) is 9.26 Å².